The van der Waals surface area contributed by atoms with Crippen molar-refractivity contribution >= 4 is 5.78 Å². The van der Waals surface area contributed by atoms with Gasteiger partial charge < -0.3 is 5.21 Å². The lowest BCUT2D eigenvalue weighted by molar-refractivity contribution is -0.607. The number of rotatable bonds is 10. The van der Waals surface area contributed by atoms with Crippen LogP contribution in [0.1, 0.15) is 62.9 Å². The minimum atomic E-state index is -0.783. The number of pyridine rings is 1. The third-order valence-corrected chi connectivity index (χ3v) is 4.00. The van der Waals surface area contributed by atoms with E-state index < -0.39 is 6.04 Å². The van der Waals surface area contributed by atoms with Crippen LogP contribution < -0.4 is 4.73 Å². The molecule has 0 saturated carbocycles. The van der Waals surface area contributed by atoms with Crippen LogP contribution in [0.2, 0.25) is 0 Å². The molecule has 0 saturated heterocycles. The second kappa shape index (κ2) is 9.12. The van der Waals surface area contributed by atoms with Crippen molar-refractivity contribution in [1.29, 1.82) is 0 Å². The Kier molecular flexibility index (Phi) is 7.49. The fraction of sp³-hybridized carbons (Fsp3) is 0.625. The topological polar surface area (TPSA) is 87.2 Å². The van der Waals surface area contributed by atoms with Gasteiger partial charge in [0.15, 0.2) is 6.20 Å². The Morgan fingerprint density at radius 1 is 1.32 bits per heavy atom. The number of nitrogens with zero attached hydrogens (tertiary/aromatic N) is 2. The fourth-order valence-corrected chi connectivity index (χ4v) is 2.51. The molecule has 0 fully saturated rings. The number of Topliss-reactive ketones (excluding diaryl/α,β-unsaturated/α-hetero) is 1. The van der Waals surface area contributed by atoms with Gasteiger partial charge in [-0.1, -0.05) is 32.6 Å². The maximum Gasteiger partial charge on any atom is 0.259 e. The molecular weight excluding hydrogens is 284 g/mol. The Morgan fingerprint density at radius 2 is 2.05 bits per heavy atom. The molecule has 0 N–H and O–H groups in total. The minimum Gasteiger partial charge on any atom is -0.618 e. The zero-order chi connectivity index (χ0) is 16.5. The van der Waals surface area contributed by atoms with Crippen LogP contribution in [0.25, 0.3) is 0 Å². The highest BCUT2D eigenvalue weighted by Gasteiger charge is 2.30. The molecule has 1 rings (SSSR count). The Bertz CT molecular complexity index is 505. The van der Waals surface area contributed by atoms with E-state index in [-0.39, 0.29) is 28.7 Å². The third kappa shape index (κ3) is 5.42. The molecule has 0 aromatic carbocycles. The van der Waals surface area contributed by atoms with Crippen molar-refractivity contribution in [2.45, 2.75) is 58.4 Å². The number of aromatic nitrogens is 1. The van der Waals surface area contributed by atoms with Gasteiger partial charge in [-0.15, -0.1) is 0 Å². The highest BCUT2D eigenvalue weighted by Crippen LogP contribution is 2.21. The molecule has 6 nitrogen and oxygen atoms in total. The summed E-state index contributed by atoms with van der Waals surface area (Å²) < 4.78 is 0.521. The molecule has 122 valence electrons. The predicted octanol–water partition coefficient (Wildman–Crippen LogP) is 3.14. The summed E-state index contributed by atoms with van der Waals surface area (Å²) in [6.07, 6.45) is 6.01. The van der Waals surface area contributed by atoms with E-state index in [1.54, 1.807) is 12.1 Å². The van der Waals surface area contributed by atoms with Crippen LogP contribution in [-0.4, -0.2) is 16.7 Å². The highest BCUT2D eigenvalue weighted by atomic mass is 16.6. The molecule has 1 aromatic heterocycles. The van der Waals surface area contributed by atoms with Crippen LogP contribution in [0.4, 0.5) is 0 Å². The molecule has 0 aliphatic rings. The monoisotopic (exact) mass is 308 g/mol. The molecular formula is C16H24N2O4. The molecule has 0 bridgehead atoms. The molecule has 1 aromatic rings. The van der Waals surface area contributed by atoms with Crippen LogP contribution >= 0.6 is 0 Å². The van der Waals surface area contributed by atoms with Crippen molar-refractivity contribution in [3.05, 3.63) is 45.4 Å². The van der Waals surface area contributed by atoms with Gasteiger partial charge in [0, 0.05) is 36.3 Å². The first kappa shape index (κ1) is 18.1. The van der Waals surface area contributed by atoms with Gasteiger partial charge in [-0.2, -0.15) is 4.73 Å². The number of carbonyl (C=O) groups excluding carboxylic acids is 1. The van der Waals surface area contributed by atoms with E-state index >= 15 is 0 Å². The second-order valence-electron chi connectivity index (χ2n) is 5.67. The Morgan fingerprint density at radius 3 is 2.64 bits per heavy atom. The number of ketones is 1. The van der Waals surface area contributed by atoms with E-state index in [1.165, 1.54) is 19.2 Å². The van der Waals surface area contributed by atoms with Crippen LogP contribution in [0, 0.1) is 21.2 Å². The molecule has 0 amide bonds. The van der Waals surface area contributed by atoms with Gasteiger partial charge in [0.05, 0.1) is 0 Å². The smallest absolute Gasteiger partial charge is 0.259 e. The van der Waals surface area contributed by atoms with Crippen LogP contribution in [0.3, 0.4) is 0 Å². The van der Waals surface area contributed by atoms with Gasteiger partial charge in [-0.25, -0.2) is 0 Å². The SMILES string of the molecule is CCCCCC[C@H](CC(=O)c1cccc[n+]1[O-])[C@H](C)[N+](=O)[O-]. The second-order valence-corrected chi connectivity index (χ2v) is 5.67. The summed E-state index contributed by atoms with van der Waals surface area (Å²) in [7, 11) is 0. The van der Waals surface area contributed by atoms with E-state index in [4.69, 9.17) is 0 Å². The Labute approximate surface area is 130 Å². The predicted molar refractivity (Wildman–Crippen MR) is 83.1 cm³/mol. The first-order chi connectivity index (χ1) is 10.5. The van der Waals surface area contributed by atoms with E-state index in [9.17, 15) is 20.1 Å². The van der Waals surface area contributed by atoms with E-state index in [0.29, 0.717) is 11.2 Å². The minimum absolute atomic E-state index is 0.0422. The summed E-state index contributed by atoms with van der Waals surface area (Å²) in [5.41, 5.74) is 0.0524. The van der Waals surface area contributed by atoms with Crippen LogP contribution in [-0.2, 0) is 0 Å². The van der Waals surface area contributed by atoms with Gasteiger partial charge in [-0.05, 0) is 12.5 Å². The largest absolute Gasteiger partial charge is 0.618 e. The number of hydrogen-bond acceptors (Lipinski definition) is 4. The van der Waals surface area contributed by atoms with Crippen molar-refractivity contribution < 1.29 is 14.4 Å². The molecule has 0 unspecified atom stereocenters. The van der Waals surface area contributed by atoms with Gasteiger partial charge >= 0.3 is 0 Å². The molecule has 6 heteroatoms. The van der Waals surface area contributed by atoms with Gasteiger partial charge in [0.25, 0.3) is 5.69 Å². The zero-order valence-electron chi connectivity index (χ0n) is 13.2. The summed E-state index contributed by atoms with van der Waals surface area (Å²) in [5.74, 6) is -0.663. The lowest BCUT2D eigenvalue weighted by Gasteiger charge is -2.17. The Hall–Kier alpha value is -1.98. The average Bonchev–Trinajstić information content (AvgIpc) is 2.49. The van der Waals surface area contributed by atoms with E-state index in [1.807, 2.05) is 0 Å². The highest BCUT2D eigenvalue weighted by molar-refractivity contribution is 5.93. The van der Waals surface area contributed by atoms with Crippen molar-refractivity contribution in [2.75, 3.05) is 0 Å². The lowest BCUT2D eigenvalue weighted by atomic mass is 9.89. The summed E-state index contributed by atoms with van der Waals surface area (Å²) >= 11 is 0. The van der Waals surface area contributed by atoms with Crippen LogP contribution in [0.15, 0.2) is 24.4 Å². The van der Waals surface area contributed by atoms with Crippen molar-refractivity contribution in [2.24, 2.45) is 5.92 Å². The number of nitro groups is 1. The summed E-state index contributed by atoms with van der Waals surface area (Å²) in [6, 6.07) is 3.84. The zero-order valence-corrected chi connectivity index (χ0v) is 13.2. The van der Waals surface area contributed by atoms with Crippen molar-refractivity contribution in [3.63, 3.8) is 0 Å². The van der Waals surface area contributed by atoms with Gasteiger partial charge in [-0.3, -0.25) is 14.9 Å². The number of hydrogen-bond donors (Lipinski definition) is 0. The molecule has 2 atom stereocenters. The maximum atomic E-state index is 12.2. The lowest BCUT2D eigenvalue weighted by Crippen LogP contribution is -2.36. The van der Waals surface area contributed by atoms with Gasteiger partial charge in [0.2, 0.25) is 11.8 Å². The maximum absolute atomic E-state index is 12.2. The van der Waals surface area contributed by atoms with Crippen molar-refractivity contribution in [3.8, 4) is 0 Å². The summed E-state index contributed by atoms with van der Waals surface area (Å²) in [5, 5.41) is 22.6. The average molecular weight is 308 g/mol. The Balaban J connectivity index is 2.72. The molecule has 0 radical (unpaired) electrons. The summed E-state index contributed by atoms with van der Waals surface area (Å²) in [4.78, 5) is 23.0. The standard InChI is InChI=1S/C16H24N2O4/c1-3-4-5-6-9-14(13(2)18(21)22)12-16(19)15-10-7-8-11-17(15)20/h7-8,10-11,13-14H,3-6,9,12H2,1-2H3/t13-,14+/m0/s1. The van der Waals surface area contributed by atoms with Crippen LogP contribution in [0.5, 0.6) is 0 Å². The van der Waals surface area contributed by atoms with E-state index in [2.05, 4.69) is 6.92 Å². The quantitative estimate of drug-likeness (QED) is 0.166. The molecule has 0 spiro atoms. The number of unbranched alkanes of at least 4 members (excludes halogenated alkanes) is 3. The molecule has 22 heavy (non-hydrogen) atoms. The normalized spacial score (nSPS) is 13.5. The third-order valence-electron chi connectivity index (χ3n) is 4.00. The van der Waals surface area contributed by atoms with E-state index in [0.717, 1.165) is 25.7 Å². The fourth-order valence-electron chi connectivity index (χ4n) is 2.51. The first-order valence-electron chi connectivity index (χ1n) is 7.82. The molecule has 0 aliphatic carbocycles. The molecule has 0 aliphatic heterocycles. The first-order valence-corrected chi connectivity index (χ1v) is 7.82. The molecule has 1 heterocycles. The summed E-state index contributed by atoms with van der Waals surface area (Å²) in [6.45, 7) is 3.64. The van der Waals surface area contributed by atoms with Crippen molar-refractivity contribution in [1.82, 2.24) is 0 Å². The van der Waals surface area contributed by atoms with Gasteiger partial charge in [0.1, 0.15) is 0 Å². The number of carbonyl (C=O) groups is 1.